The van der Waals surface area contributed by atoms with Crippen LogP contribution in [0.25, 0.3) is 16.5 Å². The van der Waals surface area contributed by atoms with Crippen LogP contribution in [0.1, 0.15) is 64.9 Å². The van der Waals surface area contributed by atoms with Crippen molar-refractivity contribution in [1.82, 2.24) is 0 Å². The van der Waals surface area contributed by atoms with E-state index < -0.39 is 0 Å². The largest absolute Gasteiger partial charge is 0.454 e. The third-order valence-corrected chi connectivity index (χ3v) is 5.64. The van der Waals surface area contributed by atoms with Gasteiger partial charge in [0, 0.05) is 16.6 Å². The van der Waals surface area contributed by atoms with Crippen molar-refractivity contribution >= 4 is 27.9 Å². The summed E-state index contributed by atoms with van der Waals surface area (Å²) in [5, 5.41) is 4.81. The molecule has 0 atom stereocenters. The van der Waals surface area contributed by atoms with Crippen LogP contribution in [-0.2, 0) is 11.8 Å². The third kappa shape index (κ3) is 3.37. The number of furan rings is 1. The van der Waals surface area contributed by atoms with Gasteiger partial charge in [-0.15, -0.1) is 0 Å². The highest BCUT2D eigenvalue weighted by Crippen LogP contribution is 2.44. The van der Waals surface area contributed by atoms with Gasteiger partial charge in [0.1, 0.15) is 5.76 Å². The van der Waals surface area contributed by atoms with E-state index in [1.165, 1.54) is 22.1 Å². The van der Waals surface area contributed by atoms with Gasteiger partial charge in [0.25, 0.3) is 0 Å². The Morgan fingerprint density at radius 1 is 0.857 bits per heavy atom. The molecule has 1 aromatic heterocycles. The number of nitrogens with one attached hydrogen (secondary N) is 1. The Morgan fingerprint density at radius 2 is 1.57 bits per heavy atom. The van der Waals surface area contributed by atoms with Gasteiger partial charge in [-0.2, -0.15) is 0 Å². The Balaban J connectivity index is 1.74. The Kier molecular flexibility index (Phi) is 4.41. The highest BCUT2D eigenvalue weighted by atomic mass is 16.3. The lowest BCUT2D eigenvalue weighted by Crippen LogP contribution is -2.11. The van der Waals surface area contributed by atoms with E-state index in [4.69, 9.17) is 4.42 Å². The summed E-state index contributed by atoms with van der Waals surface area (Å²) in [7, 11) is 0. The zero-order chi connectivity index (χ0) is 20.1. The Bertz CT molecular complexity index is 1040. The summed E-state index contributed by atoms with van der Waals surface area (Å²) < 4.78 is 6.48. The normalized spacial score (nSPS) is 14.7. The number of hydrogen-bond donors (Lipinski definition) is 1. The molecule has 0 aliphatic heterocycles. The van der Waals surface area contributed by atoms with Crippen molar-refractivity contribution in [3.8, 4) is 0 Å². The van der Waals surface area contributed by atoms with Crippen molar-refractivity contribution < 1.29 is 4.42 Å². The molecule has 0 bridgehead atoms. The average molecular weight is 374 g/mol. The molecule has 0 saturated heterocycles. The molecule has 2 nitrogen and oxygen atoms in total. The molecular weight excluding hydrogens is 342 g/mol. The molecule has 146 valence electrons. The van der Waals surface area contributed by atoms with Crippen molar-refractivity contribution in [2.24, 2.45) is 5.41 Å². The number of fused-ring (bicyclic) bond motifs is 3. The van der Waals surface area contributed by atoms with E-state index in [0.29, 0.717) is 0 Å². The summed E-state index contributed by atoms with van der Waals surface area (Å²) >= 11 is 0. The second-order valence-electron chi connectivity index (χ2n) is 9.95. The summed E-state index contributed by atoms with van der Waals surface area (Å²) in [4.78, 5) is 0. The SMILES string of the molecule is CC(C)(C)C1=CCCc2c1oc1c(Nc3ccc(C(C)(C)C)cc3)cccc21. The van der Waals surface area contributed by atoms with Gasteiger partial charge >= 0.3 is 0 Å². The molecule has 2 aromatic carbocycles. The van der Waals surface area contributed by atoms with E-state index in [1.807, 2.05) is 0 Å². The van der Waals surface area contributed by atoms with Crippen LogP contribution < -0.4 is 5.32 Å². The fraction of sp³-hybridized carbons (Fsp3) is 0.385. The Hall–Kier alpha value is -2.48. The monoisotopic (exact) mass is 373 g/mol. The maximum absolute atomic E-state index is 6.48. The number of anilines is 2. The predicted molar refractivity (Wildman–Crippen MR) is 120 cm³/mol. The molecule has 0 fully saturated rings. The van der Waals surface area contributed by atoms with E-state index in [2.05, 4.69) is 95.4 Å². The molecule has 1 aliphatic rings. The van der Waals surface area contributed by atoms with Gasteiger partial charge in [0.15, 0.2) is 5.58 Å². The maximum Gasteiger partial charge on any atom is 0.158 e. The van der Waals surface area contributed by atoms with Gasteiger partial charge in [-0.1, -0.05) is 71.9 Å². The zero-order valence-corrected chi connectivity index (χ0v) is 17.9. The van der Waals surface area contributed by atoms with Gasteiger partial charge < -0.3 is 9.73 Å². The highest BCUT2D eigenvalue weighted by Gasteiger charge is 2.28. The highest BCUT2D eigenvalue weighted by molar-refractivity contribution is 5.96. The molecule has 28 heavy (non-hydrogen) atoms. The molecular formula is C26H31NO. The van der Waals surface area contributed by atoms with Crippen molar-refractivity contribution in [2.45, 2.75) is 59.8 Å². The first-order chi connectivity index (χ1) is 13.1. The van der Waals surface area contributed by atoms with Crippen molar-refractivity contribution in [3.05, 3.63) is 65.4 Å². The van der Waals surface area contributed by atoms with Gasteiger partial charge in [0.05, 0.1) is 5.69 Å². The van der Waals surface area contributed by atoms with E-state index in [0.717, 1.165) is 35.6 Å². The third-order valence-electron chi connectivity index (χ3n) is 5.64. The van der Waals surface area contributed by atoms with E-state index >= 15 is 0 Å². The number of allylic oxidation sites excluding steroid dienone is 2. The number of rotatable bonds is 2. The van der Waals surface area contributed by atoms with Crippen LogP contribution in [0.3, 0.4) is 0 Å². The lowest BCUT2D eigenvalue weighted by atomic mass is 9.80. The van der Waals surface area contributed by atoms with Crippen molar-refractivity contribution in [1.29, 1.82) is 0 Å². The van der Waals surface area contributed by atoms with Crippen LogP contribution in [0.4, 0.5) is 11.4 Å². The maximum atomic E-state index is 6.48. The first-order valence-corrected chi connectivity index (χ1v) is 10.3. The summed E-state index contributed by atoms with van der Waals surface area (Å²) in [6.45, 7) is 13.5. The minimum absolute atomic E-state index is 0.0828. The average Bonchev–Trinajstić information content (AvgIpc) is 3.00. The topological polar surface area (TPSA) is 25.2 Å². The zero-order valence-electron chi connectivity index (χ0n) is 17.9. The molecule has 0 amide bonds. The summed E-state index contributed by atoms with van der Waals surface area (Å²) in [6, 6.07) is 15.1. The predicted octanol–water partition coefficient (Wildman–Crippen LogP) is 7.85. The van der Waals surface area contributed by atoms with Crippen molar-refractivity contribution in [3.63, 3.8) is 0 Å². The minimum Gasteiger partial charge on any atom is -0.454 e. The Morgan fingerprint density at radius 3 is 2.21 bits per heavy atom. The molecule has 0 saturated carbocycles. The molecule has 1 aliphatic carbocycles. The van der Waals surface area contributed by atoms with Crippen LogP contribution in [-0.4, -0.2) is 0 Å². The molecule has 1 heterocycles. The van der Waals surface area contributed by atoms with E-state index in [-0.39, 0.29) is 10.8 Å². The molecule has 0 radical (unpaired) electrons. The van der Waals surface area contributed by atoms with E-state index in [1.54, 1.807) is 0 Å². The van der Waals surface area contributed by atoms with Crippen molar-refractivity contribution in [2.75, 3.05) is 5.32 Å². The van der Waals surface area contributed by atoms with Gasteiger partial charge in [-0.05, 0) is 53.0 Å². The summed E-state index contributed by atoms with van der Waals surface area (Å²) in [5.74, 6) is 1.08. The van der Waals surface area contributed by atoms with Crippen LogP contribution in [0.15, 0.2) is 53.0 Å². The number of benzene rings is 2. The Labute approximate surface area is 168 Å². The molecule has 0 unspecified atom stereocenters. The van der Waals surface area contributed by atoms with Crippen LogP contribution in [0.5, 0.6) is 0 Å². The lowest BCUT2D eigenvalue weighted by molar-refractivity contribution is 0.515. The number of aryl methyl sites for hydroxylation is 1. The minimum atomic E-state index is 0.0828. The fourth-order valence-corrected chi connectivity index (χ4v) is 4.04. The van der Waals surface area contributed by atoms with Gasteiger partial charge in [0.2, 0.25) is 0 Å². The second-order valence-corrected chi connectivity index (χ2v) is 9.95. The molecule has 4 rings (SSSR count). The number of hydrogen-bond acceptors (Lipinski definition) is 2. The summed E-state index contributed by atoms with van der Waals surface area (Å²) in [5.41, 5.74) is 7.34. The molecule has 1 N–H and O–H groups in total. The first kappa shape index (κ1) is 18.9. The molecule has 0 spiro atoms. The molecule has 2 heteroatoms. The first-order valence-electron chi connectivity index (χ1n) is 10.3. The standard InChI is InChI=1S/C26H31NO/c1-25(2,3)17-13-15-18(16-14-17)27-22-12-8-10-20-19-9-7-11-21(26(4,5)6)23(19)28-24(20)22/h8,10-16,27H,7,9H2,1-6H3. The van der Waals surface area contributed by atoms with E-state index in [9.17, 15) is 0 Å². The fourth-order valence-electron chi connectivity index (χ4n) is 4.04. The van der Waals surface area contributed by atoms with Crippen LogP contribution in [0.2, 0.25) is 0 Å². The quantitative estimate of drug-likeness (QED) is 0.495. The van der Waals surface area contributed by atoms with Gasteiger partial charge in [-0.25, -0.2) is 0 Å². The molecule has 3 aromatic rings. The number of para-hydroxylation sites is 1. The van der Waals surface area contributed by atoms with Crippen LogP contribution >= 0.6 is 0 Å². The smallest absolute Gasteiger partial charge is 0.158 e. The lowest BCUT2D eigenvalue weighted by Gasteiger charge is -2.25. The second kappa shape index (κ2) is 6.55. The van der Waals surface area contributed by atoms with Crippen LogP contribution in [0, 0.1) is 5.41 Å². The van der Waals surface area contributed by atoms with Gasteiger partial charge in [-0.3, -0.25) is 0 Å². The summed E-state index contributed by atoms with van der Waals surface area (Å²) in [6.07, 6.45) is 4.48.